The van der Waals surface area contributed by atoms with E-state index in [4.69, 9.17) is 19.4 Å². The van der Waals surface area contributed by atoms with E-state index < -0.39 is 36.7 Å². The highest BCUT2D eigenvalue weighted by molar-refractivity contribution is 7.59. The number of aromatic nitrogens is 2. The third-order valence-corrected chi connectivity index (χ3v) is 15.3. The summed E-state index contributed by atoms with van der Waals surface area (Å²) in [6.07, 6.45) is 7.95. The number of amides is 2. The fourth-order valence-corrected chi connectivity index (χ4v) is 11.8. The van der Waals surface area contributed by atoms with E-state index in [0.29, 0.717) is 41.2 Å². The van der Waals surface area contributed by atoms with Crippen molar-refractivity contribution in [2.45, 2.75) is 101 Å². The molecule has 12 nitrogen and oxygen atoms in total. The molecule has 3 aromatic carbocycles. The number of carbonyl (C=O) groups is 2. The summed E-state index contributed by atoms with van der Waals surface area (Å²) in [6, 6.07) is 23.3. The molecule has 4 heterocycles. The fourth-order valence-electron chi connectivity index (χ4n) is 8.64. The van der Waals surface area contributed by atoms with Crippen LogP contribution in [-0.4, -0.2) is 74.7 Å². The van der Waals surface area contributed by atoms with Crippen molar-refractivity contribution in [2.75, 3.05) is 24.3 Å². The summed E-state index contributed by atoms with van der Waals surface area (Å²) in [7, 11) is -2.41. The number of hydrogen-bond acceptors (Lipinski definition) is 10. The van der Waals surface area contributed by atoms with E-state index in [-0.39, 0.29) is 37.0 Å². The van der Waals surface area contributed by atoms with Crippen LogP contribution in [0.2, 0.25) is 0 Å². The molecule has 1 unspecified atom stereocenters. The first kappa shape index (κ1) is 42.5. The van der Waals surface area contributed by atoms with E-state index in [1.807, 2.05) is 97.2 Å². The Morgan fingerprint density at radius 2 is 1.85 bits per heavy atom. The van der Waals surface area contributed by atoms with Crippen LogP contribution >= 0.6 is 18.7 Å². The highest BCUT2D eigenvalue weighted by Crippen LogP contribution is 2.71. The van der Waals surface area contributed by atoms with Gasteiger partial charge >= 0.3 is 0 Å². The molecule has 0 radical (unpaired) electrons. The number of anilines is 2. The second kappa shape index (κ2) is 18.0. The maximum atomic E-state index is 15.0. The molecular formula is C47H55N6O6PS. The van der Waals surface area contributed by atoms with Gasteiger partial charge < -0.3 is 35.2 Å². The van der Waals surface area contributed by atoms with Crippen molar-refractivity contribution < 1.29 is 28.5 Å². The van der Waals surface area contributed by atoms with Crippen LogP contribution in [0.3, 0.4) is 0 Å². The molecule has 0 bridgehead atoms. The standard InChI is InChI=1S/C47H55N6O6PS/c1-30(2)48-46-51-41(29-61-46)40-25-43(37-21-20-35(58-4)23-39(37)50-40)59-36-24-42-44(54)52-47(60(56,57)28-32-15-9-8-10-16-32)26-33(47)17-11-6-5-7-12-19-38(45(55)53(42)27-36)49-34-18-13-14-31(3)22-34/h8-11,13-18,20-23,25,29-30,33,36,38,42,49H,5-7,12,19,24,26-28H2,1-4H3,(H,48,51)(H,52,54)(H,56,57)/b17-11-/t33-,36+,38-,42-,47-/m0/s1. The maximum absolute atomic E-state index is 15.0. The van der Waals surface area contributed by atoms with Gasteiger partial charge in [0.1, 0.15) is 40.7 Å². The molecule has 320 valence electrons. The van der Waals surface area contributed by atoms with Crippen molar-refractivity contribution in [3.05, 3.63) is 108 Å². The van der Waals surface area contributed by atoms with Gasteiger partial charge in [-0.1, -0.05) is 67.5 Å². The Balaban J connectivity index is 1.15. The smallest absolute Gasteiger partial charge is 0.245 e. The Labute approximate surface area is 361 Å². The fraction of sp³-hybridized carbons (Fsp3) is 0.404. The van der Waals surface area contributed by atoms with Gasteiger partial charge in [-0.3, -0.25) is 14.2 Å². The molecule has 61 heavy (non-hydrogen) atoms. The zero-order valence-electron chi connectivity index (χ0n) is 35.2. The zero-order chi connectivity index (χ0) is 42.7. The lowest BCUT2D eigenvalue weighted by Gasteiger charge is -2.31. The van der Waals surface area contributed by atoms with Gasteiger partial charge in [0.15, 0.2) is 5.13 Å². The second-order valence-corrected chi connectivity index (χ2v) is 20.3. The lowest BCUT2D eigenvalue weighted by atomic mass is 10.0. The van der Waals surface area contributed by atoms with Gasteiger partial charge in [-0.2, -0.15) is 0 Å². The molecule has 2 fully saturated rings. The van der Waals surface area contributed by atoms with Crippen LogP contribution in [-0.2, 0) is 20.3 Å². The quantitative estimate of drug-likeness (QED) is 0.0747. The Hall–Kier alpha value is -5.23. The van der Waals surface area contributed by atoms with E-state index in [0.717, 1.165) is 53.0 Å². The first-order chi connectivity index (χ1) is 29.4. The van der Waals surface area contributed by atoms with E-state index in [2.05, 4.69) is 35.9 Å². The molecule has 8 rings (SSSR count). The molecule has 1 saturated heterocycles. The van der Waals surface area contributed by atoms with Crippen molar-refractivity contribution in [3.8, 4) is 22.9 Å². The number of rotatable bonds is 11. The monoisotopic (exact) mass is 862 g/mol. The van der Waals surface area contributed by atoms with Gasteiger partial charge in [-0.25, -0.2) is 9.97 Å². The van der Waals surface area contributed by atoms with E-state index >= 15 is 0 Å². The maximum Gasteiger partial charge on any atom is 0.245 e. The van der Waals surface area contributed by atoms with Gasteiger partial charge in [-0.05, 0) is 81.8 Å². The Morgan fingerprint density at radius 3 is 2.64 bits per heavy atom. The largest absolute Gasteiger partial charge is 0.497 e. The molecule has 0 spiro atoms. The summed E-state index contributed by atoms with van der Waals surface area (Å²) in [4.78, 5) is 53.1. The van der Waals surface area contributed by atoms with Gasteiger partial charge in [0.25, 0.3) is 0 Å². The number of methoxy groups -OCH3 is 1. The summed E-state index contributed by atoms with van der Waals surface area (Å²) in [5, 5.41) is 12.1. The van der Waals surface area contributed by atoms with Crippen LogP contribution in [0.25, 0.3) is 22.3 Å². The molecule has 2 amide bonds. The minimum absolute atomic E-state index is 0.0732. The van der Waals surface area contributed by atoms with Crippen molar-refractivity contribution >= 4 is 52.2 Å². The van der Waals surface area contributed by atoms with Crippen molar-refractivity contribution in [1.82, 2.24) is 20.2 Å². The molecule has 5 aromatic rings. The number of fused-ring (bicyclic) bond motifs is 3. The summed E-state index contributed by atoms with van der Waals surface area (Å²) < 4.78 is 27.0. The van der Waals surface area contributed by atoms with Crippen LogP contribution in [0, 0.1) is 12.8 Å². The summed E-state index contributed by atoms with van der Waals surface area (Å²) in [5.41, 5.74) is 4.56. The third kappa shape index (κ3) is 9.49. The van der Waals surface area contributed by atoms with Crippen LogP contribution in [0.5, 0.6) is 11.5 Å². The molecule has 2 aromatic heterocycles. The zero-order valence-corrected chi connectivity index (χ0v) is 36.9. The normalized spacial score (nSPS) is 24.7. The lowest BCUT2D eigenvalue weighted by molar-refractivity contribution is -0.139. The Bertz CT molecular complexity index is 2460. The summed E-state index contributed by atoms with van der Waals surface area (Å²) >= 11 is 1.49. The number of benzene rings is 3. The second-order valence-electron chi connectivity index (χ2n) is 16.9. The van der Waals surface area contributed by atoms with E-state index in [1.165, 1.54) is 11.3 Å². The molecule has 6 atom stereocenters. The van der Waals surface area contributed by atoms with Crippen molar-refractivity contribution in [2.24, 2.45) is 5.92 Å². The number of nitrogens with zero attached hydrogens (tertiary/aromatic N) is 3. The summed E-state index contributed by atoms with van der Waals surface area (Å²) in [5.74, 6) is 0.196. The summed E-state index contributed by atoms with van der Waals surface area (Å²) in [6.45, 7) is 6.26. The van der Waals surface area contributed by atoms with E-state index in [9.17, 15) is 19.0 Å². The van der Waals surface area contributed by atoms with Gasteiger partial charge in [0.05, 0.1) is 31.0 Å². The topological polar surface area (TPSA) is 155 Å². The first-order valence-electron chi connectivity index (χ1n) is 21.3. The molecule has 14 heteroatoms. The molecule has 1 aliphatic carbocycles. The van der Waals surface area contributed by atoms with Gasteiger partial charge in [-0.15, -0.1) is 11.3 Å². The van der Waals surface area contributed by atoms with Crippen LogP contribution in [0.1, 0.15) is 69.9 Å². The first-order valence-corrected chi connectivity index (χ1v) is 24.0. The molecule has 1 saturated carbocycles. The number of pyridine rings is 1. The average Bonchev–Trinajstić information content (AvgIpc) is 3.51. The van der Waals surface area contributed by atoms with E-state index in [1.54, 1.807) is 12.0 Å². The van der Waals surface area contributed by atoms with Gasteiger partial charge in [0, 0.05) is 47.0 Å². The minimum Gasteiger partial charge on any atom is -0.497 e. The number of ether oxygens (including phenoxy) is 2. The molecule has 2 aliphatic heterocycles. The van der Waals surface area contributed by atoms with Crippen molar-refractivity contribution in [1.29, 1.82) is 0 Å². The Kier molecular flexibility index (Phi) is 12.5. The van der Waals surface area contributed by atoms with Crippen LogP contribution in [0.4, 0.5) is 10.8 Å². The molecular weight excluding hydrogens is 808 g/mol. The number of nitrogens with one attached hydrogen (secondary N) is 3. The third-order valence-electron chi connectivity index (χ3n) is 11.9. The molecule has 3 aliphatic rings. The predicted molar refractivity (Wildman–Crippen MR) is 242 cm³/mol. The Morgan fingerprint density at radius 1 is 1.02 bits per heavy atom. The van der Waals surface area contributed by atoms with Crippen molar-refractivity contribution in [3.63, 3.8) is 0 Å². The number of thiazole rings is 1. The lowest BCUT2D eigenvalue weighted by Crippen LogP contribution is -2.53. The highest BCUT2D eigenvalue weighted by atomic mass is 32.1. The molecule has 4 N–H and O–H groups in total. The van der Waals surface area contributed by atoms with Gasteiger partial charge in [0.2, 0.25) is 19.2 Å². The number of aryl methyl sites for hydroxylation is 1. The number of hydrogen-bond donors (Lipinski definition) is 4. The average molecular weight is 863 g/mol. The number of allylic oxidation sites excluding steroid dienone is 1. The SMILES string of the molecule is COc1ccc2c(O[C@@H]3C[C@H]4C(=O)N[C@]5(P(=O)(O)Cc6ccccc6)C[C@@H]5/C=C\CCCCC[C@H](Nc5cccc(C)c5)C(=O)N4C3)cc(-c3csc(NC(C)C)n3)nc2c1. The van der Waals surface area contributed by atoms with Crippen LogP contribution in [0.15, 0.2) is 96.4 Å². The highest BCUT2D eigenvalue weighted by Gasteiger charge is 2.66. The predicted octanol–water partition coefficient (Wildman–Crippen LogP) is 9.15. The van der Waals surface area contributed by atoms with Crippen LogP contribution < -0.4 is 25.4 Å². The number of carbonyl (C=O) groups excluding carboxylic acids is 2. The minimum atomic E-state index is -4.02.